The van der Waals surface area contributed by atoms with Crippen LogP contribution in [-0.2, 0) is 21.1 Å². The molecule has 0 unspecified atom stereocenters. The molecule has 0 N–H and O–H groups in total. The predicted octanol–water partition coefficient (Wildman–Crippen LogP) is -0.384. The maximum Gasteiger partial charge on any atom is 0.319 e. The van der Waals surface area contributed by atoms with Gasteiger partial charge in [-0.3, -0.25) is 9.78 Å². The molecule has 2 aliphatic rings. The number of urea groups is 1. The summed E-state index contributed by atoms with van der Waals surface area (Å²) in [6.45, 7) is 0.682. The van der Waals surface area contributed by atoms with E-state index in [-0.39, 0.29) is 29.9 Å². The summed E-state index contributed by atoms with van der Waals surface area (Å²) in [4.78, 5) is 33.7. The van der Waals surface area contributed by atoms with Crippen LogP contribution < -0.4 is 0 Å². The Morgan fingerprint density at radius 2 is 1.84 bits per heavy atom. The molecule has 8 nitrogen and oxygen atoms in total. The third kappa shape index (κ3) is 3.60. The summed E-state index contributed by atoms with van der Waals surface area (Å²) >= 11 is 0. The van der Waals surface area contributed by atoms with Gasteiger partial charge in [0.25, 0.3) is 0 Å². The zero-order chi connectivity index (χ0) is 18.2. The summed E-state index contributed by atoms with van der Waals surface area (Å²) in [7, 11) is 0.000301. The van der Waals surface area contributed by atoms with Crippen molar-refractivity contribution in [3.05, 3.63) is 30.1 Å². The number of piperazine rings is 1. The third-order valence-electron chi connectivity index (χ3n) is 4.70. The Labute approximate surface area is 147 Å². The molecule has 3 heterocycles. The number of carbonyl (C=O) groups is 2. The van der Waals surface area contributed by atoms with Gasteiger partial charge in [-0.25, -0.2) is 13.2 Å². The molecule has 1 aromatic rings. The number of pyridine rings is 1. The SMILES string of the molecule is CN(C)C(=O)N1CCN(C(=O)Cc2cccnc2)[C@H]2CS(=O)(=O)C[C@H]21. The minimum atomic E-state index is -3.28. The molecule has 2 atom stereocenters. The lowest BCUT2D eigenvalue weighted by atomic mass is 10.0. The molecular formula is C16H22N4O4S. The molecule has 3 amide bonds. The predicted molar refractivity (Wildman–Crippen MR) is 91.7 cm³/mol. The van der Waals surface area contributed by atoms with Crippen molar-refractivity contribution in [1.82, 2.24) is 19.7 Å². The molecular weight excluding hydrogens is 344 g/mol. The Balaban J connectivity index is 1.81. The molecule has 0 aromatic carbocycles. The second-order valence-electron chi connectivity index (χ2n) is 6.71. The molecule has 0 aliphatic carbocycles. The summed E-state index contributed by atoms with van der Waals surface area (Å²) in [6.07, 6.45) is 3.45. The largest absolute Gasteiger partial charge is 0.335 e. The van der Waals surface area contributed by atoms with E-state index >= 15 is 0 Å². The van der Waals surface area contributed by atoms with Crippen molar-refractivity contribution in [2.75, 3.05) is 38.7 Å². The van der Waals surface area contributed by atoms with Gasteiger partial charge in [-0.2, -0.15) is 0 Å². The smallest absolute Gasteiger partial charge is 0.319 e. The fourth-order valence-electron chi connectivity index (χ4n) is 3.54. The fourth-order valence-corrected chi connectivity index (χ4v) is 5.52. The van der Waals surface area contributed by atoms with Gasteiger partial charge >= 0.3 is 6.03 Å². The van der Waals surface area contributed by atoms with Gasteiger partial charge in [0.05, 0.1) is 30.0 Å². The summed E-state index contributed by atoms with van der Waals surface area (Å²) in [6, 6.07) is 2.41. The molecule has 136 valence electrons. The van der Waals surface area contributed by atoms with Gasteiger partial charge in [0.1, 0.15) is 0 Å². The Morgan fingerprint density at radius 1 is 1.20 bits per heavy atom. The molecule has 25 heavy (non-hydrogen) atoms. The average Bonchev–Trinajstić information content (AvgIpc) is 2.88. The van der Waals surface area contributed by atoms with Crippen molar-refractivity contribution < 1.29 is 18.0 Å². The highest BCUT2D eigenvalue weighted by atomic mass is 32.2. The molecule has 9 heteroatoms. The van der Waals surface area contributed by atoms with Crippen molar-refractivity contribution >= 4 is 21.8 Å². The standard InChI is InChI=1S/C16H22N4O4S/c1-18(2)16(22)20-7-6-19(13-10-25(23,24)11-14(13)20)15(21)8-12-4-3-5-17-9-12/h3-5,9,13-14H,6-8,10-11H2,1-2H3/t13-,14+/m0/s1. The van der Waals surface area contributed by atoms with E-state index in [0.717, 1.165) is 5.56 Å². The number of aromatic nitrogens is 1. The highest BCUT2D eigenvalue weighted by Crippen LogP contribution is 2.28. The van der Waals surface area contributed by atoms with Crippen LogP contribution in [0.1, 0.15) is 5.56 Å². The molecule has 0 saturated carbocycles. The van der Waals surface area contributed by atoms with Crippen molar-refractivity contribution in [3.8, 4) is 0 Å². The Morgan fingerprint density at radius 3 is 2.44 bits per heavy atom. The monoisotopic (exact) mass is 366 g/mol. The first kappa shape index (κ1) is 17.7. The van der Waals surface area contributed by atoms with E-state index in [1.54, 1.807) is 42.4 Å². The molecule has 0 radical (unpaired) electrons. The maximum absolute atomic E-state index is 12.7. The quantitative estimate of drug-likeness (QED) is 0.711. The van der Waals surface area contributed by atoms with Crippen LogP contribution in [0.2, 0.25) is 0 Å². The van der Waals surface area contributed by atoms with Crippen LogP contribution in [0.3, 0.4) is 0 Å². The number of fused-ring (bicyclic) bond motifs is 1. The van der Waals surface area contributed by atoms with Crippen LogP contribution in [0.15, 0.2) is 24.5 Å². The third-order valence-corrected chi connectivity index (χ3v) is 6.40. The molecule has 2 saturated heterocycles. The average molecular weight is 366 g/mol. The normalized spacial score (nSPS) is 24.7. The van der Waals surface area contributed by atoms with Gasteiger partial charge in [-0.15, -0.1) is 0 Å². The summed E-state index contributed by atoms with van der Waals surface area (Å²) in [5.41, 5.74) is 0.789. The Hall–Kier alpha value is -2.16. The summed E-state index contributed by atoms with van der Waals surface area (Å²) < 4.78 is 24.3. The van der Waals surface area contributed by atoms with E-state index in [1.807, 2.05) is 6.07 Å². The van der Waals surface area contributed by atoms with Gasteiger partial charge < -0.3 is 14.7 Å². The van der Waals surface area contributed by atoms with E-state index in [2.05, 4.69) is 4.98 Å². The lowest BCUT2D eigenvalue weighted by Crippen LogP contribution is -2.63. The number of sulfone groups is 1. The minimum absolute atomic E-state index is 0.0894. The van der Waals surface area contributed by atoms with Crippen LogP contribution in [0.4, 0.5) is 4.79 Å². The molecule has 3 rings (SSSR count). The Kier molecular flexibility index (Phi) is 4.68. The van der Waals surface area contributed by atoms with Gasteiger partial charge in [0.2, 0.25) is 5.91 Å². The number of amides is 3. The van der Waals surface area contributed by atoms with Gasteiger partial charge in [0, 0.05) is 39.6 Å². The second kappa shape index (κ2) is 6.62. The van der Waals surface area contributed by atoms with E-state index in [0.29, 0.717) is 13.1 Å². The van der Waals surface area contributed by atoms with Crippen molar-refractivity contribution in [1.29, 1.82) is 0 Å². The lowest BCUT2D eigenvalue weighted by molar-refractivity contribution is -0.135. The first-order valence-electron chi connectivity index (χ1n) is 8.15. The van der Waals surface area contributed by atoms with Crippen LogP contribution >= 0.6 is 0 Å². The molecule has 0 bridgehead atoms. The van der Waals surface area contributed by atoms with Crippen molar-refractivity contribution in [2.45, 2.75) is 18.5 Å². The van der Waals surface area contributed by atoms with Gasteiger partial charge in [-0.05, 0) is 11.6 Å². The van der Waals surface area contributed by atoms with Crippen LogP contribution in [0, 0.1) is 0 Å². The van der Waals surface area contributed by atoms with Crippen molar-refractivity contribution in [2.24, 2.45) is 0 Å². The summed E-state index contributed by atoms with van der Waals surface area (Å²) in [5.74, 6) is -0.307. The van der Waals surface area contributed by atoms with E-state index in [9.17, 15) is 18.0 Å². The van der Waals surface area contributed by atoms with Crippen LogP contribution in [0.25, 0.3) is 0 Å². The van der Waals surface area contributed by atoms with Gasteiger partial charge in [0.15, 0.2) is 9.84 Å². The van der Waals surface area contributed by atoms with Crippen LogP contribution in [0.5, 0.6) is 0 Å². The topological polar surface area (TPSA) is 90.9 Å². The number of nitrogens with zero attached hydrogens (tertiary/aromatic N) is 4. The fraction of sp³-hybridized carbons (Fsp3) is 0.562. The van der Waals surface area contributed by atoms with E-state index in [1.165, 1.54) is 4.90 Å². The number of hydrogen-bond acceptors (Lipinski definition) is 5. The van der Waals surface area contributed by atoms with Crippen LogP contribution in [-0.4, -0.2) is 90.8 Å². The first-order chi connectivity index (χ1) is 11.8. The molecule has 1 aromatic heterocycles. The zero-order valence-corrected chi connectivity index (χ0v) is 15.1. The lowest BCUT2D eigenvalue weighted by Gasteiger charge is -2.44. The first-order valence-corrected chi connectivity index (χ1v) is 9.97. The molecule has 0 spiro atoms. The van der Waals surface area contributed by atoms with E-state index in [4.69, 9.17) is 0 Å². The minimum Gasteiger partial charge on any atom is -0.335 e. The number of hydrogen-bond donors (Lipinski definition) is 0. The number of rotatable bonds is 2. The number of carbonyl (C=O) groups excluding carboxylic acids is 2. The molecule has 2 aliphatic heterocycles. The summed E-state index contributed by atoms with van der Waals surface area (Å²) in [5, 5.41) is 0. The Bertz CT molecular complexity index is 766. The highest BCUT2D eigenvalue weighted by molar-refractivity contribution is 7.91. The van der Waals surface area contributed by atoms with Gasteiger partial charge in [-0.1, -0.05) is 6.07 Å². The zero-order valence-electron chi connectivity index (χ0n) is 14.3. The van der Waals surface area contributed by atoms with E-state index < -0.39 is 21.9 Å². The van der Waals surface area contributed by atoms with Crippen molar-refractivity contribution in [3.63, 3.8) is 0 Å². The molecule has 2 fully saturated rings. The second-order valence-corrected chi connectivity index (χ2v) is 8.86. The maximum atomic E-state index is 12.7. The highest BCUT2D eigenvalue weighted by Gasteiger charge is 2.49.